The molecule has 1 N–H and O–H groups in total. The van der Waals surface area contributed by atoms with E-state index in [2.05, 4.69) is 5.32 Å². The van der Waals surface area contributed by atoms with E-state index in [1.54, 1.807) is 31.9 Å². The molecule has 144 valence electrons. The number of carbonyl (C=O) groups is 2. The molecular weight excluding hydrogens is 364 g/mol. The Balaban J connectivity index is 2.06. The fraction of sp³-hybridized carbons (Fsp3) is 0.333. The topological polar surface area (TPSA) is 58.6 Å². The van der Waals surface area contributed by atoms with Gasteiger partial charge in [-0.25, -0.2) is 0 Å². The molecular formula is C21H25ClN2O3. The van der Waals surface area contributed by atoms with Crippen LogP contribution in [-0.4, -0.2) is 29.9 Å². The molecule has 0 radical (unpaired) electrons. The number of benzene rings is 2. The SMILES string of the molecule is CCC(=O)N(Cc1ccc(OC)cc1)C(C)C(=O)NCc1ccccc1Cl. The van der Waals surface area contributed by atoms with Crippen LogP contribution >= 0.6 is 11.6 Å². The fourth-order valence-electron chi connectivity index (χ4n) is 2.69. The molecule has 2 aromatic carbocycles. The van der Waals surface area contributed by atoms with Gasteiger partial charge in [0.05, 0.1) is 7.11 Å². The van der Waals surface area contributed by atoms with Crippen LogP contribution < -0.4 is 10.1 Å². The highest BCUT2D eigenvalue weighted by atomic mass is 35.5. The molecule has 5 nitrogen and oxygen atoms in total. The molecule has 0 aliphatic heterocycles. The molecule has 2 rings (SSSR count). The Kier molecular flexibility index (Phi) is 7.67. The lowest BCUT2D eigenvalue weighted by Crippen LogP contribution is -2.47. The summed E-state index contributed by atoms with van der Waals surface area (Å²) in [7, 11) is 1.60. The van der Waals surface area contributed by atoms with Gasteiger partial charge in [-0.1, -0.05) is 48.9 Å². The minimum Gasteiger partial charge on any atom is -0.497 e. The fourth-order valence-corrected chi connectivity index (χ4v) is 2.89. The van der Waals surface area contributed by atoms with Crippen molar-refractivity contribution in [2.45, 2.75) is 39.4 Å². The van der Waals surface area contributed by atoms with Gasteiger partial charge in [-0.3, -0.25) is 9.59 Å². The highest BCUT2D eigenvalue weighted by Gasteiger charge is 2.25. The largest absolute Gasteiger partial charge is 0.497 e. The van der Waals surface area contributed by atoms with E-state index in [1.807, 2.05) is 42.5 Å². The number of nitrogens with zero attached hydrogens (tertiary/aromatic N) is 1. The van der Waals surface area contributed by atoms with E-state index in [-0.39, 0.29) is 11.8 Å². The lowest BCUT2D eigenvalue weighted by atomic mass is 10.1. The number of halogens is 1. The number of carbonyl (C=O) groups excluding carboxylic acids is 2. The maximum absolute atomic E-state index is 12.6. The molecule has 0 aliphatic carbocycles. The van der Waals surface area contributed by atoms with Crippen molar-refractivity contribution >= 4 is 23.4 Å². The molecule has 27 heavy (non-hydrogen) atoms. The molecule has 0 saturated heterocycles. The highest BCUT2D eigenvalue weighted by molar-refractivity contribution is 6.31. The van der Waals surface area contributed by atoms with Crippen molar-refractivity contribution in [1.82, 2.24) is 10.2 Å². The van der Waals surface area contributed by atoms with Crippen LogP contribution in [0.5, 0.6) is 5.75 Å². The summed E-state index contributed by atoms with van der Waals surface area (Å²) in [6, 6.07) is 14.2. The summed E-state index contributed by atoms with van der Waals surface area (Å²) in [4.78, 5) is 26.6. The normalized spacial score (nSPS) is 11.6. The summed E-state index contributed by atoms with van der Waals surface area (Å²) in [6.45, 7) is 4.20. The lowest BCUT2D eigenvalue weighted by Gasteiger charge is -2.28. The Labute approximate surface area is 165 Å². The third kappa shape index (κ3) is 5.73. The van der Waals surface area contributed by atoms with Crippen LogP contribution in [-0.2, 0) is 22.7 Å². The van der Waals surface area contributed by atoms with E-state index >= 15 is 0 Å². The molecule has 0 bridgehead atoms. The first-order valence-corrected chi connectivity index (χ1v) is 9.27. The molecule has 2 aromatic rings. The van der Waals surface area contributed by atoms with E-state index in [1.165, 1.54) is 0 Å². The van der Waals surface area contributed by atoms with Crippen LogP contribution in [0.1, 0.15) is 31.4 Å². The van der Waals surface area contributed by atoms with Gasteiger partial charge in [-0.15, -0.1) is 0 Å². The van der Waals surface area contributed by atoms with Gasteiger partial charge in [0, 0.05) is 24.5 Å². The van der Waals surface area contributed by atoms with Gasteiger partial charge in [-0.05, 0) is 36.2 Å². The molecule has 1 unspecified atom stereocenters. The zero-order valence-electron chi connectivity index (χ0n) is 15.9. The maximum atomic E-state index is 12.6. The number of methoxy groups -OCH3 is 1. The minimum absolute atomic E-state index is 0.0776. The smallest absolute Gasteiger partial charge is 0.242 e. The molecule has 0 aliphatic rings. The van der Waals surface area contributed by atoms with Crippen molar-refractivity contribution in [1.29, 1.82) is 0 Å². The van der Waals surface area contributed by atoms with Crippen molar-refractivity contribution in [3.63, 3.8) is 0 Å². The first kappa shape index (κ1) is 20.8. The van der Waals surface area contributed by atoms with Crippen LogP contribution in [0, 0.1) is 0 Å². The van der Waals surface area contributed by atoms with Crippen LogP contribution in [0.25, 0.3) is 0 Å². The average molecular weight is 389 g/mol. The number of amides is 2. The quantitative estimate of drug-likeness (QED) is 0.748. The van der Waals surface area contributed by atoms with Crippen molar-refractivity contribution in [3.05, 3.63) is 64.7 Å². The molecule has 0 aromatic heterocycles. The molecule has 0 saturated carbocycles. The van der Waals surface area contributed by atoms with Crippen molar-refractivity contribution in [3.8, 4) is 5.75 Å². The van der Waals surface area contributed by atoms with Gasteiger partial charge >= 0.3 is 0 Å². The third-order valence-corrected chi connectivity index (χ3v) is 4.76. The Morgan fingerprint density at radius 2 is 1.81 bits per heavy atom. The molecule has 6 heteroatoms. The minimum atomic E-state index is -0.595. The Bertz CT molecular complexity index is 777. The van der Waals surface area contributed by atoms with Crippen LogP contribution in [0.15, 0.2) is 48.5 Å². The lowest BCUT2D eigenvalue weighted by molar-refractivity contribution is -0.140. The van der Waals surface area contributed by atoms with Crippen LogP contribution in [0.2, 0.25) is 5.02 Å². The summed E-state index contributed by atoms with van der Waals surface area (Å²) in [5.41, 5.74) is 1.77. The number of rotatable bonds is 8. The highest BCUT2D eigenvalue weighted by Crippen LogP contribution is 2.17. The van der Waals surface area contributed by atoms with E-state index in [0.717, 1.165) is 16.9 Å². The second kappa shape index (κ2) is 9.97. The maximum Gasteiger partial charge on any atom is 0.242 e. The predicted molar refractivity (Wildman–Crippen MR) is 107 cm³/mol. The number of ether oxygens (including phenoxy) is 1. The van der Waals surface area contributed by atoms with Gasteiger partial charge in [0.15, 0.2) is 0 Å². The standard InChI is InChI=1S/C21H25ClN2O3/c1-4-20(25)24(14-16-9-11-18(27-3)12-10-16)15(2)21(26)23-13-17-7-5-6-8-19(17)22/h5-12,15H,4,13-14H2,1-3H3,(H,23,26). The summed E-state index contributed by atoms with van der Waals surface area (Å²) in [6.07, 6.45) is 0.332. The van der Waals surface area contributed by atoms with E-state index in [9.17, 15) is 9.59 Å². The van der Waals surface area contributed by atoms with Gasteiger partial charge in [0.2, 0.25) is 11.8 Å². The zero-order chi connectivity index (χ0) is 19.8. The third-order valence-electron chi connectivity index (χ3n) is 4.39. The Morgan fingerprint density at radius 3 is 2.41 bits per heavy atom. The molecule has 0 heterocycles. The number of nitrogens with one attached hydrogen (secondary N) is 1. The molecule has 1 atom stereocenters. The van der Waals surface area contributed by atoms with Crippen LogP contribution in [0.4, 0.5) is 0 Å². The zero-order valence-corrected chi connectivity index (χ0v) is 16.6. The molecule has 0 fully saturated rings. The van der Waals surface area contributed by atoms with Crippen LogP contribution in [0.3, 0.4) is 0 Å². The Hall–Kier alpha value is -2.53. The van der Waals surface area contributed by atoms with Gasteiger partial charge in [-0.2, -0.15) is 0 Å². The summed E-state index contributed by atoms with van der Waals surface area (Å²) < 4.78 is 5.16. The first-order valence-electron chi connectivity index (χ1n) is 8.89. The van der Waals surface area contributed by atoms with E-state index in [4.69, 9.17) is 16.3 Å². The van der Waals surface area contributed by atoms with E-state index < -0.39 is 6.04 Å². The predicted octanol–water partition coefficient (Wildman–Crippen LogP) is 3.79. The van der Waals surface area contributed by atoms with E-state index in [0.29, 0.717) is 24.5 Å². The van der Waals surface area contributed by atoms with Crippen molar-refractivity contribution < 1.29 is 14.3 Å². The van der Waals surface area contributed by atoms with Crippen molar-refractivity contribution in [2.24, 2.45) is 0 Å². The average Bonchev–Trinajstić information content (AvgIpc) is 2.70. The van der Waals surface area contributed by atoms with Crippen molar-refractivity contribution in [2.75, 3.05) is 7.11 Å². The Morgan fingerprint density at radius 1 is 1.15 bits per heavy atom. The van der Waals surface area contributed by atoms with Gasteiger partial charge in [0.1, 0.15) is 11.8 Å². The number of hydrogen-bond donors (Lipinski definition) is 1. The molecule has 2 amide bonds. The first-order chi connectivity index (χ1) is 13.0. The second-order valence-corrected chi connectivity index (χ2v) is 6.62. The van der Waals surface area contributed by atoms with Gasteiger partial charge < -0.3 is 15.0 Å². The second-order valence-electron chi connectivity index (χ2n) is 6.21. The molecule has 0 spiro atoms. The summed E-state index contributed by atoms with van der Waals surface area (Å²) in [5, 5.41) is 3.47. The monoisotopic (exact) mass is 388 g/mol. The summed E-state index contributed by atoms with van der Waals surface area (Å²) >= 11 is 6.13. The van der Waals surface area contributed by atoms with Gasteiger partial charge in [0.25, 0.3) is 0 Å². The number of hydrogen-bond acceptors (Lipinski definition) is 3. The summed E-state index contributed by atoms with van der Waals surface area (Å²) in [5.74, 6) is 0.453.